The van der Waals surface area contributed by atoms with Gasteiger partial charge in [-0.25, -0.2) is 0 Å². The fourth-order valence-electron chi connectivity index (χ4n) is 2.98. The van der Waals surface area contributed by atoms with Crippen molar-refractivity contribution in [3.63, 3.8) is 0 Å². The predicted octanol–water partition coefficient (Wildman–Crippen LogP) is 3.58. The zero-order valence-electron chi connectivity index (χ0n) is 11.8. The first-order valence-electron chi connectivity index (χ1n) is 7.58. The van der Waals surface area contributed by atoms with Gasteiger partial charge >= 0.3 is 0 Å². The third-order valence-corrected chi connectivity index (χ3v) is 4.19. The topological polar surface area (TPSA) is 20.3 Å². The van der Waals surface area contributed by atoms with Gasteiger partial charge in [-0.05, 0) is 48.8 Å². The zero-order valence-corrected chi connectivity index (χ0v) is 11.8. The highest BCUT2D eigenvalue weighted by Gasteiger charge is 2.14. The number of aryl methyl sites for hydroxylation is 1. The maximum absolute atomic E-state index is 12.1. The number of hydrogen-bond donors (Lipinski definition) is 0. The molecule has 1 aromatic carbocycles. The summed E-state index contributed by atoms with van der Waals surface area (Å²) in [5.41, 5.74) is 3.96. The molecule has 20 heavy (non-hydrogen) atoms. The van der Waals surface area contributed by atoms with Gasteiger partial charge in [-0.15, -0.1) is 0 Å². The molecule has 0 radical (unpaired) electrons. The summed E-state index contributed by atoms with van der Waals surface area (Å²) in [6.45, 7) is 1.84. The van der Waals surface area contributed by atoms with Crippen LogP contribution in [0.5, 0.6) is 0 Å². The van der Waals surface area contributed by atoms with E-state index in [0.29, 0.717) is 0 Å². The van der Waals surface area contributed by atoms with Crippen LogP contribution in [0.4, 0.5) is 0 Å². The largest absolute Gasteiger partial charge is 0.339 e. The molecule has 2 aliphatic rings. The number of carbonyl (C=O) groups excluding carboxylic acids is 1. The third-order valence-electron chi connectivity index (χ3n) is 4.19. The highest BCUT2D eigenvalue weighted by molar-refractivity contribution is 5.88. The first kappa shape index (κ1) is 13.2. The van der Waals surface area contributed by atoms with Crippen LogP contribution in [0.15, 0.2) is 42.0 Å². The summed E-state index contributed by atoms with van der Waals surface area (Å²) >= 11 is 0. The Morgan fingerprint density at radius 1 is 1.05 bits per heavy atom. The van der Waals surface area contributed by atoms with Gasteiger partial charge in [0, 0.05) is 19.2 Å². The van der Waals surface area contributed by atoms with Gasteiger partial charge in [0.25, 0.3) is 0 Å². The van der Waals surface area contributed by atoms with Crippen molar-refractivity contribution >= 4 is 12.0 Å². The van der Waals surface area contributed by atoms with E-state index in [9.17, 15) is 4.79 Å². The Bertz CT molecular complexity index is 550. The number of likely N-dealkylation sites (tertiary alicyclic amines) is 1. The van der Waals surface area contributed by atoms with Crippen LogP contribution in [0.1, 0.15) is 36.8 Å². The monoisotopic (exact) mass is 267 g/mol. The summed E-state index contributed by atoms with van der Waals surface area (Å²) in [4.78, 5) is 14.1. The minimum absolute atomic E-state index is 0.171. The van der Waals surface area contributed by atoms with Crippen molar-refractivity contribution in [3.05, 3.63) is 53.1 Å². The molecular weight excluding hydrogens is 246 g/mol. The molecular formula is C18H21NO. The fourth-order valence-corrected chi connectivity index (χ4v) is 2.98. The van der Waals surface area contributed by atoms with Crippen LogP contribution in [0, 0.1) is 0 Å². The maximum atomic E-state index is 12.1. The molecule has 2 nitrogen and oxygen atoms in total. The highest BCUT2D eigenvalue weighted by atomic mass is 16.2. The number of piperidine rings is 1. The van der Waals surface area contributed by atoms with E-state index < -0.39 is 0 Å². The molecule has 1 aliphatic carbocycles. The molecule has 0 N–H and O–H groups in total. The molecule has 0 atom stereocenters. The van der Waals surface area contributed by atoms with Gasteiger partial charge in [0.15, 0.2) is 0 Å². The number of nitrogens with zero attached hydrogens (tertiary/aromatic N) is 1. The number of amides is 1. The van der Waals surface area contributed by atoms with Crippen LogP contribution in [0.2, 0.25) is 0 Å². The first-order valence-corrected chi connectivity index (χ1v) is 7.58. The standard InChI is InChI=1S/C18H21NO/c20-18(19-12-4-1-5-13-19)11-9-15-8-10-16-6-2-3-7-17(16)14-15/h2-3,6-7,9,11,14H,1,4-5,8,10,12-13H2. The predicted molar refractivity (Wildman–Crippen MR) is 82.3 cm³/mol. The Morgan fingerprint density at radius 2 is 1.85 bits per heavy atom. The van der Waals surface area contributed by atoms with Gasteiger partial charge in [-0.1, -0.05) is 36.4 Å². The van der Waals surface area contributed by atoms with Crippen molar-refractivity contribution in [2.24, 2.45) is 0 Å². The van der Waals surface area contributed by atoms with E-state index in [1.165, 1.54) is 23.1 Å². The van der Waals surface area contributed by atoms with Crippen LogP contribution in [0.25, 0.3) is 6.08 Å². The number of rotatable bonds is 2. The van der Waals surface area contributed by atoms with Crippen LogP contribution >= 0.6 is 0 Å². The lowest BCUT2D eigenvalue weighted by Crippen LogP contribution is -2.34. The lowest BCUT2D eigenvalue weighted by atomic mass is 9.92. The van der Waals surface area contributed by atoms with E-state index >= 15 is 0 Å². The van der Waals surface area contributed by atoms with Crippen molar-refractivity contribution in [1.29, 1.82) is 0 Å². The molecule has 0 unspecified atom stereocenters. The van der Waals surface area contributed by atoms with E-state index in [1.54, 1.807) is 6.08 Å². The highest BCUT2D eigenvalue weighted by Crippen LogP contribution is 2.24. The lowest BCUT2D eigenvalue weighted by molar-refractivity contribution is -0.126. The summed E-state index contributed by atoms with van der Waals surface area (Å²) in [6.07, 6.45) is 11.6. The number of allylic oxidation sites excluding steroid dienone is 2. The molecule has 1 aliphatic heterocycles. The van der Waals surface area contributed by atoms with Gasteiger partial charge < -0.3 is 4.90 Å². The summed E-state index contributed by atoms with van der Waals surface area (Å²) in [6, 6.07) is 8.49. The van der Waals surface area contributed by atoms with E-state index in [-0.39, 0.29) is 5.91 Å². The van der Waals surface area contributed by atoms with E-state index in [0.717, 1.165) is 38.8 Å². The average molecular weight is 267 g/mol. The van der Waals surface area contributed by atoms with Crippen molar-refractivity contribution in [3.8, 4) is 0 Å². The molecule has 0 bridgehead atoms. The molecule has 1 aromatic rings. The van der Waals surface area contributed by atoms with Crippen LogP contribution < -0.4 is 0 Å². The van der Waals surface area contributed by atoms with E-state index in [4.69, 9.17) is 0 Å². The number of carbonyl (C=O) groups is 1. The molecule has 2 heteroatoms. The van der Waals surface area contributed by atoms with E-state index in [1.807, 2.05) is 11.0 Å². The fraction of sp³-hybridized carbons (Fsp3) is 0.389. The van der Waals surface area contributed by atoms with Gasteiger partial charge in [-0.3, -0.25) is 4.79 Å². The second kappa shape index (κ2) is 6.08. The molecule has 0 saturated carbocycles. The minimum Gasteiger partial charge on any atom is -0.339 e. The summed E-state index contributed by atoms with van der Waals surface area (Å²) in [7, 11) is 0. The van der Waals surface area contributed by atoms with Crippen molar-refractivity contribution in [2.75, 3.05) is 13.1 Å². The summed E-state index contributed by atoms with van der Waals surface area (Å²) in [5, 5.41) is 0. The van der Waals surface area contributed by atoms with Crippen molar-refractivity contribution in [2.45, 2.75) is 32.1 Å². The number of benzene rings is 1. The Morgan fingerprint density at radius 3 is 2.70 bits per heavy atom. The van der Waals surface area contributed by atoms with Gasteiger partial charge in [0.2, 0.25) is 5.91 Å². The lowest BCUT2D eigenvalue weighted by Gasteiger charge is -2.25. The molecule has 1 amide bonds. The molecule has 0 aromatic heterocycles. The quantitative estimate of drug-likeness (QED) is 0.750. The van der Waals surface area contributed by atoms with Crippen molar-refractivity contribution in [1.82, 2.24) is 4.90 Å². The van der Waals surface area contributed by atoms with Crippen molar-refractivity contribution < 1.29 is 4.79 Å². The first-order chi connectivity index (χ1) is 9.83. The zero-order chi connectivity index (χ0) is 13.8. The molecule has 0 spiro atoms. The van der Waals surface area contributed by atoms with Crippen LogP contribution in [0.3, 0.4) is 0 Å². The second-order valence-electron chi connectivity index (χ2n) is 5.64. The number of hydrogen-bond acceptors (Lipinski definition) is 1. The Balaban J connectivity index is 1.67. The van der Waals surface area contributed by atoms with Crippen LogP contribution in [-0.4, -0.2) is 23.9 Å². The SMILES string of the molecule is O=C(C=CC1=Cc2ccccc2CC1)N1CCCCC1. The van der Waals surface area contributed by atoms with Gasteiger partial charge in [0.05, 0.1) is 0 Å². The molecule has 1 heterocycles. The molecule has 1 saturated heterocycles. The normalized spacial score (nSPS) is 18.8. The van der Waals surface area contributed by atoms with Gasteiger partial charge in [-0.2, -0.15) is 0 Å². The van der Waals surface area contributed by atoms with E-state index in [2.05, 4.69) is 30.3 Å². The Labute approximate surface area is 120 Å². The third kappa shape index (κ3) is 3.01. The maximum Gasteiger partial charge on any atom is 0.246 e. The summed E-state index contributed by atoms with van der Waals surface area (Å²) < 4.78 is 0. The molecule has 104 valence electrons. The number of fused-ring (bicyclic) bond motifs is 1. The minimum atomic E-state index is 0.171. The smallest absolute Gasteiger partial charge is 0.246 e. The Kier molecular flexibility index (Phi) is 4.00. The Hall–Kier alpha value is -1.83. The molecule has 1 fully saturated rings. The summed E-state index contributed by atoms with van der Waals surface area (Å²) in [5.74, 6) is 0.171. The average Bonchev–Trinajstić information content (AvgIpc) is 2.53. The van der Waals surface area contributed by atoms with Crippen LogP contribution in [-0.2, 0) is 11.2 Å². The second-order valence-corrected chi connectivity index (χ2v) is 5.64. The van der Waals surface area contributed by atoms with Gasteiger partial charge in [0.1, 0.15) is 0 Å². The molecule has 3 rings (SSSR count).